The summed E-state index contributed by atoms with van der Waals surface area (Å²) < 4.78 is 0. The Bertz CT molecular complexity index is 313. The first-order valence-electron chi connectivity index (χ1n) is 4.90. The fraction of sp³-hybridized carbons (Fsp3) is 0.600. The van der Waals surface area contributed by atoms with E-state index < -0.39 is 12.0 Å². The van der Waals surface area contributed by atoms with Gasteiger partial charge in [-0.1, -0.05) is 6.92 Å². The van der Waals surface area contributed by atoms with Crippen molar-refractivity contribution >= 4 is 17.3 Å². The predicted molar refractivity (Wildman–Crippen MR) is 60.0 cm³/mol. The molecule has 0 radical (unpaired) electrons. The average Bonchev–Trinajstić information content (AvgIpc) is 2.69. The highest BCUT2D eigenvalue weighted by atomic mass is 32.1. The predicted octanol–water partition coefficient (Wildman–Crippen LogP) is 2.00. The highest BCUT2D eigenvalue weighted by Gasteiger charge is 2.25. The summed E-state index contributed by atoms with van der Waals surface area (Å²) >= 11 is 1.53. The normalized spacial score (nSPS) is 15.2. The highest BCUT2D eigenvalue weighted by Crippen LogP contribution is 2.21. The van der Waals surface area contributed by atoms with Crippen LogP contribution in [0, 0.1) is 0 Å². The van der Waals surface area contributed by atoms with E-state index in [1.165, 1.54) is 11.3 Å². The van der Waals surface area contributed by atoms with Crippen LogP contribution in [0.2, 0.25) is 0 Å². The van der Waals surface area contributed by atoms with Gasteiger partial charge >= 0.3 is 5.97 Å². The highest BCUT2D eigenvalue weighted by molar-refractivity contribution is 7.07. The van der Waals surface area contributed by atoms with Crippen molar-refractivity contribution < 1.29 is 9.90 Å². The Labute approximate surface area is 93.6 Å². The molecule has 0 spiro atoms. The molecule has 0 fully saturated rings. The largest absolute Gasteiger partial charge is 0.480 e. The fourth-order valence-corrected chi connectivity index (χ4v) is 2.18. The van der Waals surface area contributed by atoms with Crippen molar-refractivity contribution in [3.05, 3.63) is 16.6 Å². The van der Waals surface area contributed by atoms with E-state index in [9.17, 15) is 4.79 Å². The Hall–Kier alpha value is -0.940. The molecule has 0 aliphatic rings. The number of aromatic nitrogens is 1. The van der Waals surface area contributed by atoms with E-state index in [0.29, 0.717) is 6.42 Å². The number of hydrogen-bond donors (Lipinski definition) is 1. The summed E-state index contributed by atoms with van der Waals surface area (Å²) in [4.78, 5) is 17.0. The van der Waals surface area contributed by atoms with Gasteiger partial charge in [-0.05, 0) is 20.4 Å². The molecular formula is C10H16N2O2S. The van der Waals surface area contributed by atoms with Gasteiger partial charge in [0.1, 0.15) is 6.04 Å². The Morgan fingerprint density at radius 2 is 2.40 bits per heavy atom. The number of carboxylic acids is 1. The molecule has 1 aromatic rings. The smallest absolute Gasteiger partial charge is 0.320 e. The van der Waals surface area contributed by atoms with Gasteiger partial charge in [0.15, 0.2) is 0 Å². The summed E-state index contributed by atoms with van der Waals surface area (Å²) in [5.74, 6) is -0.776. The van der Waals surface area contributed by atoms with Crippen LogP contribution in [-0.2, 0) is 4.79 Å². The molecule has 1 heterocycles. The minimum Gasteiger partial charge on any atom is -0.480 e. The lowest BCUT2D eigenvalue weighted by atomic mass is 10.1. The van der Waals surface area contributed by atoms with E-state index in [2.05, 4.69) is 4.98 Å². The lowest BCUT2D eigenvalue weighted by molar-refractivity contribution is -0.143. The third-order valence-electron chi connectivity index (χ3n) is 2.65. The number of likely N-dealkylation sites (N-methyl/N-ethyl adjacent to an activating group) is 1. The first kappa shape index (κ1) is 12.1. The number of thiazole rings is 1. The van der Waals surface area contributed by atoms with Crippen LogP contribution < -0.4 is 0 Å². The van der Waals surface area contributed by atoms with Crippen LogP contribution in [0.4, 0.5) is 0 Å². The summed E-state index contributed by atoms with van der Waals surface area (Å²) in [5, 5.41) is 11.0. The van der Waals surface area contributed by atoms with E-state index in [4.69, 9.17) is 5.11 Å². The molecule has 4 nitrogen and oxygen atoms in total. The van der Waals surface area contributed by atoms with Gasteiger partial charge in [-0.2, -0.15) is 0 Å². The molecule has 2 unspecified atom stereocenters. The van der Waals surface area contributed by atoms with Crippen LogP contribution in [0.1, 0.15) is 32.0 Å². The molecule has 1 N–H and O–H groups in total. The zero-order chi connectivity index (χ0) is 11.4. The van der Waals surface area contributed by atoms with Crippen molar-refractivity contribution in [1.82, 2.24) is 9.88 Å². The summed E-state index contributed by atoms with van der Waals surface area (Å²) in [6.45, 7) is 3.85. The molecule has 0 amide bonds. The zero-order valence-corrected chi connectivity index (χ0v) is 9.99. The fourth-order valence-electron chi connectivity index (χ4n) is 1.54. The second-order valence-corrected chi connectivity index (χ2v) is 4.24. The molecule has 5 heteroatoms. The molecule has 0 bridgehead atoms. The Morgan fingerprint density at radius 3 is 2.80 bits per heavy atom. The van der Waals surface area contributed by atoms with E-state index in [1.54, 1.807) is 5.51 Å². The first-order valence-corrected chi connectivity index (χ1v) is 5.85. The molecule has 0 aromatic carbocycles. The molecule has 2 atom stereocenters. The maximum absolute atomic E-state index is 11.0. The van der Waals surface area contributed by atoms with Crippen LogP contribution in [0.15, 0.2) is 10.9 Å². The summed E-state index contributed by atoms with van der Waals surface area (Å²) in [6, 6.07) is -0.404. The Balaban J connectivity index is 2.75. The van der Waals surface area contributed by atoms with Crippen LogP contribution in [0.25, 0.3) is 0 Å². The molecular weight excluding hydrogens is 212 g/mol. The monoisotopic (exact) mass is 228 g/mol. The van der Waals surface area contributed by atoms with Gasteiger partial charge in [0, 0.05) is 5.38 Å². The van der Waals surface area contributed by atoms with E-state index >= 15 is 0 Å². The van der Waals surface area contributed by atoms with E-state index in [-0.39, 0.29) is 6.04 Å². The summed E-state index contributed by atoms with van der Waals surface area (Å²) in [5.41, 5.74) is 2.70. The number of aliphatic carboxylic acids is 1. The second kappa shape index (κ2) is 5.23. The molecule has 84 valence electrons. The lowest BCUT2D eigenvalue weighted by Gasteiger charge is -2.28. The number of nitrogens with zero attached hydrogens (tertiary/aromatic N) is 2. The van der Waals surface area contributed by atoms with Crippen LogP contribution in [-0.4, -0.2) is 34.0 Å². The Morgan fingerprint density at radius 1 is 1.73 bits per heavy atom. The van der Waals surface area contributed by atoms with Crippen LogP contribution in [0.3, 0.4) is 0 Å². The number of rotatable bonds is 5. The topological polar surface area (TPSA) is 53.4 Å². The summed E-state index contributed by atoms with van der Waals surface area (Å²) in [6.07, 6.45) is 0.598. The molecule has 1 aromatic heterocycles. The van der Waals surface area contributed by atoms with Crippen molar-refractivity contribution in [2.75, 3.05) is 7.05 Å². The summed E-state index contributed by atoms with van der Waals surface area (Å²) in [7, 11) is 1.83. The maximum Gasteiger partial charge on any atom is 0.320 e. The SMILES string of the molecule is CCC(C(=O)O)N(C)C(C)c1cscn1. The molecule has 0 saturated carbocycles. The molecule has 15 heavy (non-hydrogen) atoms. The number of hydrogen-bond acceptors (Lipinski definition) is 4. The van der Waals surface area contributed by atoms with Crippen molar-refractivity contribution in [3.63, 3.8) is 0 Å². The molecule has 0 aliphatic carbocycles. The number of carboxylic acid groups (broad SMARTS) is 1. The lowest BCUT2D eigenvalue weighted by Crippen LogP contribution is -2.39. The number of carbonyl (C=O) groups is 1. The van der Waals surface area contributed by atoms with Gasteiger partial charge in [0.25, 0.3) is 0 Å². The molecule has 1 rings (SSSR count). The average molecular weight is 228 g/mol. The standard InChI is InChI=1S/C10H16N2O2S/c1-4-9(10(13)14)12(3)7(2)8-5-15-6-11-8/h5-7,9H,4H2,1-3H3,(H,13,14). The van der Waals surface area contributed by atoms with Gasteiger partial charge in [-0.15, -0.1) is 11.3 Å². The quantitative estimate of drug-likeness (QED) is 0.837. The van der Waals surface area contributed by atoms with Gasteiger partial charge < -0.3 is 5.11 Å². The van der Waals surface area contributed by atoms with Crippen molar-refractivity contribution in [2.24, 2.45) is 0 Å². The van der Waals surface area contributed by atoms with Crippen molar-refractivity contribution in [2.45, 2.75) is 32.4 Å². The van der Waals surface area contributed by atoms with Gasteiger partial charge in [0.05, 0.1) is 17.2 Å². The second-order valence-electron chi connectivity index (χ2n) is 3.52. The van der Waals surface area contributed by atoms with E-state index in [0.717, 1.165) is 5.69 Å². The third-order valence-corrected chi connectivity index (χ3v) is 3.26. The van der Waals surface area contributed by atoms with Crippen molar-refractivity contribution in [1.29, 1.82) is 0 Å². The minimum absolute atomic E-state index is 0.0392. The Kier molecular flexibility index (Phi) is 4.23. The van der Waals surface area contributed by atoms with Gasteiger partial charge in [-0.25, -0.2) is 4.98 Å². The third kappa shape index (κ3) is 2.76. The van der Waals surface area contributed by atoms with Crippen molar-refractivity contribution in [3.8, 4) is 0 Å². The van der Waals surface area contributed by atoms with Crippen LogP contribution >= 0.6 is 11.3 Å². The molecule has 0 saturated heterocycles. The van der Waals surface area contributed by atoms with Gasteiger partial charge in [0.2, 0.25) is 0 Å². The van der Waals surface area contributed by atoms with E-state index in [1.807, 2.05) is 31.2 Å². The van der Waals surface area contributed by atoms with Gasteiger partial charge in [-0.3, -0.25) is 9.69 Å². The minimum atomic E-state index is -0.776. The zero-order valence-electron chi connectivity index (χ0n) is 9.17. The maximum atomic E-state index is 11.0. The van der Waals surface area contributed by atoms with Crippen LogP contribution in [0.5, 0.6) is 0 Å². The first-order chi connectivity index (χ1) is 7.07. The molecule has 0 aliphatic heterocycles.